The maximum Gasteiger partial charge on any atom is 0.418 e. The predicted molar refractivity (Wildman–Crippen MR) is 115 cm³/mol. The molecule has 1 aromatic heterocycles. The number of carbonyl (C=O) groups excluding carboxylic acids is 1. The Balaban J connectivity index is 1.77. The number of halogens is 3. The molecule has 0 aliphatic heterocycles. The number of hydrogen-bond donors (Lipinski definition) is 1. The van der Waals surface area contributed by atoms with Gasteiger partial charge in [0.15, 0.2) is 0 Å². The molecule has 4 aromatic rings. The number of hydrogen-bond acceptors (Lipinski definition) is 2. The van der Waals surface area contributed by atoms with E-state index in [0.717, 1.165) is 5.56 Å². The molecule has 0 aliphatic carbocycles. The van der Waals surface area contributed by atoms with Crippen LogP contribution in [0.2, 0.25) is 0 Å². The fraction of sp³-hybridized carbons (Fsp3) is 0.120. The Hall–Kier alpha value is -3.67. The predicted octanol–water partition coefficient (Wildman–Crippen LogP) is 6.66. The van der Waals surface area contributed by atoms with Gasteiger partial charge >= 0.3 is 6.18 Å². The molecule has 1 N–H and O–H groups in total. The monoisotopic (exact) mass is 420 g/mol. The molecular weight excluding hydrogens is 401 g/mol. The van der Waals surface area contributed by atoms with E-state index in [4.69, 9.17) is 0 Å². The summed E-state index contributed by atoms with van der Waals surface area (Å²) in [6, 6.07) is 21.8. The number of nitrogens with one attached hydrogen (secondary N) is 1. The van der Waals surface area contributed by atoms with Crippen LogP contribution < -0.4 is 5.32 Å². The van der Waals surface area contributed by atoms with Gasteiger partial charge in [0, 0.05) is 17.5 Å². The molecule has 0 saturated carbocycles. The molecule has 3 aromatic carbocycles. The summed E-state index contributed by atoms with van der Waals surface area (Å²) in [6.45, 7) is 1.72. The summed E-state index contributed by atoms with van der Waals surface area (Å²) in [5, 5.41) is 3.06. The van der Waals surface area contributed by atoms with E-state index in [1.54, 1.807) is 55.5 Å². The Morgan fingerprint density at radius 2 is 1.61 bits per heavy atom. The van der Waals surface area contributed by atoms with Gasteiger partial charge in [0.2, 0.25) is 0 Å². The van der Waals surface area contributed by atoms with Crippen molar-refractivity contribution in [2.24, 2.45) is 0 Å². The topological polar surface area (TPSA) is 42.0 Å². The van der Waals surface area contributed by atoms with Crippen LogP contribution in [0, 0.1) is 0 Å². The molecule has 0 fully saturated rings. The van der Waals surface area contributed by atoms with E-state index in [-0.39, 0.29) is 16.8 Å². The standard InChI is InChI=1S/C25H19F3N2O/c1-16(17-8-3-2-4-9-17)18-11-7-13-22(23(18)25(26,27)28)30-24(31)20-14-15-29-21-12-6-5-10-19(20)21/h2-16H,1H3,(H,30,31)/t16-/m0/s1. The molecular formula is C25H19F3N2O. The summed E-state index contributed by atoms with van der Waals surface area (Å²) in [4.78, 5) is 17.2. The van der Waals surface area contributed by atoms with Crippen molar-refractivity contribution in [3.05, 3.63) is 107 Å². The van der Waals surface area contributed by atoms with Gasteiger partial charge in [0.25, 0.3) is 5.91 Å². The number of nitrogens with zero attached hydrogens (tertiary/aromatic N) is 1. The molecule has 1 amide bonds. The number of benzene rings is 3. The first kappa shape index (κ1) is 20.6. The highest BCUT2D eigenvalue weighted by Crippen LogP contribution is 2.42. The van der Waals surface area contributed by atoms with Gasteiger partial charge in [-0.2, -0.15) is 13.2 Å². The fourth-order valence-electron chi connectivity index (χ4n) is 3.76. The number of fused-ring (bicyclic) bond motifs is 1. The Morgan fingerprint density at radius 1 is 0.903 bits per heavy atom. The number of alkyl halides is 3. The van der Waals surface area contributed by atoms with Crippen molar-refractivity contribution in [1.29, 1.82) is 0 Å². The third-order valence-corrected chi connectivity index (χ3v) is 5.29. The Bertz CT molecular complexity index is 1230. The molecule has 31 heavy (non-hydrogen) atoms. The average Bonchev–Trinajstić information content (AvgIpc) is 2.78. The normalized spacial score (nSPS) is 12.5. The van der Waals surface area contributed by atoms with E-state index in [0.29, 0.717) is 10.9 Å². The van der Waals surface area contributed by atoms with Crippen molar-refractivity contribution >= 4 is 22.5 Å². The molecule has 0 spiro atoms. The van der Waals surface area contributed by atoms with E-state index >= 15 is 0 Å². The lowest BCUT2D eigenvalue weighted by Gasteiger charge is -2.22. The van der Waals surface area contributed by atoms with Gasteiger partial charge in [-0.15, -0.1) is 0 Å². The highest BCUT2D eigenvalue weighted by atomic mass is 19.4. The third kappa shape index (κ3) is 4.14. The first-order valence-electron chi connectivity index (χ1n) is 9.76. The maximum absolute atomic E-state index is 14.1. The summed E-state index contributed by atoms with van der Waals surface area (Å²) in [6.07, 6.45) is -3.17. The van der Waals surface area contributed by atoms with Crippen molar-refractivity contribution in [1.82, 2.24) is 4.98 Å². The highest BCUT2D eigenvalue weighted by molar-refractivity contribution is 6.12. The molecule has 0 saturated heterocycles. The van der Waals surface area contributed by atoms with Gasteiger partial charge < -0.3 is 5.32 Å². The van der Waals surface area contributed by atoms with Crippen molar-refractivity contribution in [3.8, 4) is 0 Å². The van der Waals surface area contributed by atoms with Gasteiger partial charge in [-0.1, -0.05) is 67.6 Å². The quantitative estimate of drug-likeness (QED) is 0.401. The molecule has 1 atom stereocenters. The van der Waals surface area contributed by atoms with Crippen molar-refractivity contribution in [2.75, 3.05) is 5.32 Å². The fourth-order valence-corrected chi connectivity index (χ4v) is 3.76. The highest BCUT2D eigenvalue weighted by Gasteiger charge is 2.38. The van der Waals surface area contributed by atoms with Crippen molar-refractivity contribution < 1.29 is 18.0 Å². The zero-order chi connectivity index (χ0) is 22.0. The van der Waals surface area contributed by atoms with Crippen LogP contribution >= 0.6 is 0 Å². The molecule has 0 aliphatic rings. The smallest absolute Gasteiger partial charge is 0.321 e. The number of amides is 1. The molecule has 0 bridgehead atoms. The molecule has 156 valence electrons. The number of pyridine rings is 1. The Labute approximate surface area is 177 Å². The first-order valence-corrected chi connectivity index (χ1v) is 9.76. The lowest BCUT2D eigenvalue weighted by molar-refractivity contribution is -0.137. The van der Waals surface area contributed by atoms with Crippen molar-refractivity contribution in [3.63, 3.8) is 0 Å². The van der Waals surface area contributed by atoms with Crippen LogP contribution in [-0.2, 0) is 6.18 Å². The van der Waals surface area contributed by atoms with E-state index in [1.165, 1.54) is 30.5 Å². The molecule has 3 nitrogen and oxygen atoms in total. The van der Waals surface area contributed by atoms with Crippen LogP contribution in [0.1, 0.15) is 39.9 Å². The number of carbonyl (C=O) groups is 1. The summed E-state index contributed by atoms with van der Waals surface area (Å²) in [5.41, 5.74) is 0.627. The minimum absolute atomic E-state index is 0.107. The van der Waals surface area contributed by atoms with Gasteiger partial charge in [-0.25, -0.2) is 0 Å². The second-order valence-corrected chi connectivity index (χ2v) is 7.23. The van der Waals surface area contributed by atoms with Crippen LogP contribution in [0.25, 0.3) is 10.9 Å². The average molecular weight is 420 g/mol. The van der Waals surface area contributed by atoms with Crippen LogP contribution in [0.15, 0.2) is 85.1 Å². The summed E-state index contributed by atoms with van der Waals surface area (Å²) < 4.78 is 42.4. The molecule has 0 radical (unpaired) electrons. The minimum atomic E-state index is -4.64. The first-order chi connectivity index (χ1) is 14.9. The Morgan fingerprint density at radius 3 is 2.35 bits per heavy atom. The molecule has 1 heterocycles. The number of aromatic nitrogens is 1. The zero-order valence-electron chi connectivity index (χ0n) is 16.6. The third-order valence-electron chi connectivity index (χ3n) is 5.29. The second-order valence-electron chi connectivity index (χ2n) is 7.23. The van der Waals surface area contributed by atoms with Crippen LogP contribution in [-0.4, -0.2) is 10.9 Å². The van der Waals surface area contributed by atoms with E-state index in [2.05, 4.69) is 10.3 Å². The summed E-state index contributed by atoms with van der Waals surface area (Å²) in [5.74, 6) is -1.12. The summed E-state index contributed by atoms with van der Waals surface area (Å²) >= 11 is 0. The largest absolute Gasteiger partial charge is 0.418 e. The molecule has 0 unspecified atom stereocenters. The second kappa shape index (κ2) is 8.22. The van der Waals surface area contributed by atoms with Gasteiger partial charge in [0.05, 0.1) is 22.3 Å². The molecule has 4 rings (SSSR count). The maximum atomic E-state index is 14.1. The SMILES string of the molecule is C[C@@H](c1ccccc1)c1cccc(NC(=O)c2ccnc3ccccc23)c1C(F)(F)F. The number of rotatable bonds is 4. The zero-order valence-corrected chi connectivity index (χ0v) is 16.6. The van der Waals surface area contributed by atoms with E-state index < -0.39 is 23.6 Å². The van der Waals surface area contributed by atoms with E-state index in [9.17, 15) is 18.0 Å². The van der Waals surface area contributed by atoms with Gasteiger partial charge in [-0.05, 0) is 29.3 Å². The molecule has 6 heteroatoms. The summed E-state index contributed by atoms with van der Waals surface area (Å²) in [7, 11) is 0. The van der Waals surface area contributed by atoms with Crippen LogP contribution in [0.4, 0.5) is 18.9 Å². The lowest BCUT2D eigenvalue weighted by Crippen LogP contribution is -2.19. The van der Waals surface area contributed by atoms with Gasteiger partial charge in [-0.3, -0.25) is 9.78 Å². The van der Waals surface area contributed by atoms with Gasteiger partial charge in [0.1, 0.15) is 0 Å². The Kier molecular flexibility index (Phi) is 5.46. The van der Waals surface area contributed by atoms with E-state index in [1.807, 2.05) is 6.07 Å². The number of para-hydroxylation sites is 1. The minimum Gasteiger partial charge on any atom is -0.321 e. The van der Waals surface area contributed by atoms with Crippen LogP contribution in [0.5, 0.6) is 0 Å². The van der Waals surface area contributed by atoms with Crippen LogP contribution in [0.3, 0.4) is 0 Å². The van der Waals surface area contributed by atoms with Crippen molar-refractivity contribution in [2.45, 2.75) is 19.0 Å². The lowest BCUT2D eigenvalue weighted by atomic mass is 9.88. The number of anilines is 1.